The number of carboxylic acids is 1. The van der Waals surface area contributed by atoms with E-state index in [1.54, 1.807) is 17.0 Å². The Morgan fingerprint density at radius 1 is 1.03 bits per heavy atom. The monoisotopic (exact) mass is 436 g/mol. The first-order valence-electron chi connectivity index (χ1n) is 10.9. The zero-order valence-corrected chi connectivity index (χ0v) is 18.6. The van der Waals surface area contributed by atoms with Crippen molar-refractivity contribution in [3.05, 3.63) is 29.8 Å². The van der Waals surface area contributed by atoms with E-state index in [1.165, 1.54) is 4.31 Å². The fourth-order valence-corrected chi connectivity index (χ4v) is 5.88. The number of amides is 1. The van der Waals surface area contributed by atoms with Crippen LogP contribution in [-0.4, -0.2) is 60.8 Å². The van der Waals surface area contributed by atoms with Crippen molar-refractivity contribution in [1.82, 2.24) is 9.21 Å². The zero-order valence-electron chi connectivity index (χ0n) is 17.8. The molecule has 8 heteroatoms. The quantitative estimate of drug-likeness (QED) is 0.740. The molecule has 2 fully saturated rings. The van der Waals surface area contributed by atoms with Gasteiger partial charge in [-0.25, -0.2) is 8.42 Å². The number of piperazine rings is 1. The van der Waals surface area contributed by atoms with Gasteiger partial charge in [0.05, 0.1) is 16.7 Å². The van der Waals surface area contributed by atoms with Crippen molar-refractivity contribution in [3.63, 3.8) is 0 Å². The molecule has 1 aromatic carbocycles. The SMILES string of the molecule is CC[C@H](C)c1ccc(S(=O)(=O)N2CCN(C(=O)[C@H]3CCCC[C@@H]3C(=O)O)CC2)cc1. The van der Waals surface area contributed by atoms with Gasteiger partial charge in [-0.1, -0.05) is 38.8 Å². The molecule has 1 aromatic rings. The Morgan fingerprint density at radius 2 is 1.60 bits per heavy atom. The van der Waals surface area contributed by atoms with E-state index in [0.29, 0.717) is 31.8 Å². The molecule has 3 atom stereocenters. The first-order valence-corrected chi connectivity index (χ1v) is 12.3. The van der Waals surface area contributed by atoms with Crippen LogP contribution in [0.2, 0.25) is 0 Å². The first kappa shape index (κ1) is 22.7. The average molecular weight is 437 g/mol. The molecule has 0 radical (unpaired) electrons. The predicted octanol–water partition coefficient (Wildman–Crippen LogP) is 2.92. The lowest BCUT2D eigenvalue weighted by molar-refractivity contribution is -0.152. The fourth-order valence-electron chi connectivity index (χ4n) is 4.46. The van der Waals surface area contributed by atoms with Gasteiger partial charge in [-0.2, -0.15) is 4.31 Å². The summed E-state index contributed by atoms with van der Waals surface area (Å²) in [7, 11) is -3.61. The van der Waals surface area contributed by atoms with Crippen LogP contribution in [-0.2, 0) is 19.6 Å². The van der Waals surface area contributed by atoms with Crippen LogP contribution in [0.25, 0.3) is 0 Å². The molecule has 30 heavy (non-hydrogen) atoms. The zero-order chi connectivity index (χ0) is 21.9. The molecule has 1 saturated heterocycles. The minimum absolute atomic E-state index is 0.142. The molecule has 166 valence electrons. The van der Waals surface area contributed by atoms with Gasteiger partial charge < -0.3 is 10.0 Å². The second-order valence-corrected chi connectivity index (χ2v) is 10.4. The van der Waals surface area contributed by atoms with E-state index in [-0.39, 0.29) is 23.9 Å². The van der Waals surface area contributed by atoms with E-state index in [0.717, 1.165) is 24.8 Å². The van der Waals surface area contributed by atoms with Crippen molar-refractivity contribution in [2.45, 2.75) is 56.8 Å². The summed E-state index contributed by atoms with van der Waals surface area (Å²) in [4.78, 5) is 26.4. The van der Waals surface area contributed by atoms with Crippen molar-refractivity contribution >= 4 is 21.9 Å². The molecule has 1 aliphatic carbocycles. The Labute approximate surface area is 179 Å². The summed E-state index contributed by atoms with van der Waals surface area (Å²) in [5.74, 6) is -1.79. The van der Waals surface area contributed by atoms with Crippen LogP contribution in [0, 0.1) is 11.8 Å². The molecule has 3 rings (SSSR count). The smallest absolute Gasteiger partial charge is 0.307 e. The van der Waals surface area contributed by atoms with Crippen LogP contribution in [0.15, 0.2) is 29.2 Å². The molecule has 0 unspecified atom stereocenters. The molecule has 1 saturated carbocycles. The molecular formula is C22H32N2O5S. The number of carboxylic acid groups (broad SMARTS) is 1. The Bertz CT molecular complexity index is 860. The van der Waals surface area contributed by atoms with Crippen molar-refractivity contribution in [2.75, 3.05) is 26.2 Å². The number of rotatable bonds is 6. The second-order valence-electron chi connectivity index (χ2n) is 8.44. The average Bonchev–Trinajstić information content (AvgIpc) is 2.78. The fraction of sp³-hybridized carbons (Fsp3) is 0.636. The van der Waals surface area contributed by atoms with Gasteiger partial charge in [-0.05, 0) is 42.9 Å². The van der Waals surface area contributed by atoms with Crippen LogP contribution < -0.4 is 0 Å². The number of hydrogen-bond donors (Lipinski definition) is 1. The van der Waals surface area contributed by atoms with Gasteiger partial charge in [0.25, 0.3) is 0 Å². The normalized spacial score (nSPS) is 24.4. The Balaban J connectivity index is 1.64. The van der Waals surface area contributed by atoms with Crippen molar-refractivity contribution < 1.29 is 23.1 Å². The third-order valence-electron chi connectivity index (χ3n) is 6.65. The molecule has 2 aliphatic rings. The Morgan fingerprint density at radius 3 is 2.13 bits per heavy atom. The van der Waals surface area contributed by atoms with Gasteiger partial charge in [0.2, 0.25) is 15.9 Å². The highest BCUT2D eigenvalue weighted by atomic mass is 32.2. The maximum Gasteiger partial charge on any atom is 0.307 e. The minimum Gasteiger partial charge on any atom is -0.481 e. The molecule has 0 aromatic heterocycles. The maximum absolute atomic E-state index is 13.0. The largest absolute Gasteiger partial charge is 0.481 e. The number of carbonyl (C=O) groups is 2. The number of carbonyl (C=O) groups excluding carboxylic acids is 1. The summed E-state index contributed by atoms with van der Waals surface area (Å²) in [6, 6.07) is 7.06. The van der Waals surface area contributed by atoms with Gasteiger partial charge in [-0.3, -0.25) is 9.59 Å². The van der Waals surface area contributed by atoms with Gasteiger partial charge in [0.15, 0.2) is 0 Å². The van der Waals surface area contributed by atoms with E-state index in [9.17, 15) is 23.1 Å². The number of aliphatic carboxylic acids is 1. The molecular weight excluding hydrogens is 404 g/mol. The summed E-state index contributed by atoms with van der Waals surface area (Å²) in [5, 5.41) is 9.44. The third-order valence-corrected chi connectivity index (χ3v) is 8.56. The summed E-state index contributed by atoms with van der Waals surface area (Å²) in [5.41, 5.74) is 1.12. The molecule has 0 bridgehead atoms. The molecule has 1 heterocycles. The van der Waals surface area contributed by atoms with E-state index in [2.05, 4.69) is 13.8 Å². The summed E-state index contributed by atoms with van der Waals surface area (Å²) < 4.78 is 27.4. The number of hydrogen-bond acceptors (Lipinski definition) is 4. The van der Waals surface area contributed by atoms with Crippen LogP contribution in [0.4, 0.5) is 0 Å². The van der Waals surface area contributed by atoms with Gasteiger partial charge in [0, 0.05) is 26.2 Å². The van der Waals surface area contributed by atoms with Crippen molar-refractivity contribution in [1.29, 1.82) is 0 Å². The number of nitrogens with zero attached hydrogens (tertiary/aromatic N) is 2. The third kappa shape index (κ3) is 4.70. The summed E-state index contributed by atoms with van der Waals surface area (Å²) in [6.07, 6.45) is 3.82. The number of benzene rings is 1. The van der Waals surface area contributed by atoms with E-state index < -0.39 is 27.8 Å². The highest BCUT2D eigenvalue weighted by Crippen LogP contribution is 2.32. The Hall–Kier alpha value is -1.93. The first-order chi connectivity index (χ1) is 14.3. The van der Waals surface area contributed by atoms with Gasteiger partial charge in [-0.15, -0.1) is 0 Å². The van der Waals surface area contributed by atoms with E-state index in [1.807, 2.05) is 12.1 Å². The van der Waals surface area contributed by atoms with Crippen LogP contribution in [0.3, 0.4) is 0 Å². The van der Waals surface area contributed by atoms with E-state index in [4.69, 9.17) is 0 Å². The van der Waals surface area contributed by atoms with Gasteiger partial charge >= 0.3 is 5.97 Å². The topological polar surface area (TPSA) is 95.0 Å². The second kappa shape index (κ2) is 9.47. The summed E-state index contributed by atoms with van der Waals surface area (Å²) in [6.45, 7) is 5.26. The molecule has 1 aliphatic heterocycles. The predicted molar refractivity (Wildman–Crippen MR) is 114 cm³/mol. The number of sulfonamides is 1. The van der Waals surface area contributed by atoms with Crippen molar-refractivity contribution in [2.24, 2.45) is 11.8 Å². The minimum atomic E-state index is -3.61. The lowest BCUT2D eigenvalue weighted by Crippen LogP contribution is -2.53. The van der Waals surface area contributed by atoms with Crippen LogP contribution >= 0.6 is 0 Å². The highest BCUT2D eigenvalue weighted by molar-refractivity contribution is 7.89. The lowest BCUT2D eigenvalue weighted by Gasteiger charge is -2.38. The Kier molecular flexibility index (Phi) is 7.18. The van der Waals surface area contributed by atoms with Crippen LogP contribution in [0.1, 0.15) is 57.4 Å². The summed E-state index contributed by atoms with van der Waals surface area (Å²) >= 11 is 0. The van der Waals surface area contributed by atoms with Crippen molar-refractivity contribution in [3.8, 4) is 0 Å². The molecule has 7 nitrogen and oxygen atoms in total. The molecule has 1 amide bonds. The maximum atomic E-state index is 13.0. The standard InChI is InChI=1S/C22H32N2O5S/c1-3-16(2)17-8-10-18(11-9-17)30(28,29)24-14-12-23(13-15-24)21(25)19-6-4-5-7-20(19)22(26)27/h8-11,16,19-20H,3-7,12-15H2,1-2H3,(H,26,27)/t16-,19-,20-/m0/s1. The van der Waals surface area contributed by atoms with Crippen LogP contribution in [0.5, 0.6) is 0 Å². The highest BCUT2D eigenvalue weighted by Gasteiger charge is 2.39. The molecule has 0 spiro atoms. The van der Waals surface area contributed by atoms with E-state index >= 15 is 0 Å². The van der Waals surface area contributed by atoms with Gasteiger partial charge in [0.1, 0.15) is 0 Å². The molecule has 1 N–H and O–H groups in total. The lowest BCUT2D eigenvalue weighted by atomic mass is 9.78.